The molecule has 2 aromatic carbocycles. The number of carbonyl (C=O) groups is 1. The first kappa shape index (κ1) is 20.9. The van der Waals surface area contributed by atoms with E-state index >= 15 is 0 Å². The third-order valence-corrected chi connectivity index (χ3v) is 5.40. The van der Waals surface area contributed by atoms with Crippen molar-refractivity contribution < 1.29 is 14.6 Å². The second-order valence-electron chi connectivity index (χ2n) is 5.77. The number of para-hydroxylation sites is 1. The van der Waals surface area contributed by atoms with Crippen LogP contribution in [0.15, 0.2) is 52.3 Å². The smallest absolute Gasteiger partial charge is 0.317 e. The number of ether oxygens (including phenoxy) is 1. The summed E-state index contributed by atoms with van der Waals surface area (Å²) in [5.41, 5.74) is 0. The second kappa shape index (κ2) is 10.1. The minimum atomic E-state index is -0.838. The van der Waals surface area contributed by atoms with Gasteiger partial charge in [-0.1, -0.05) is 54.0 Å². The summed E-state index contributed by atoms with van der Waals surface area (Å²) in [7, 11) is 0. The van der Waals surface area contributed by atoms with Crippen LogP contribution >= 0.6 is 35.0 Å². The Balaban J connectivity index is 2.08. The predicted molar refractivity (Wildman–Crippen MR) is 107 cm³/mol. The number of hydrogen-bond donors (Lipinski definition) is 1. The maximum absolute atomic E-state index is 10.9. The molecule has 140 valence electrons. The van der Waals surface area contributed by atoms with Crippen molar-refractivity contribution in [2.45, 2.75) is 29.7 Å². The van der Waals surface area contributed by atoms with Crippen LogP contribution in [-0.4, -0.2) is 41.7 Å². The van der Waals surface area contributed by atoms with Crippen LogP contribution in [0.3, 0.4) is 0 Å². The highest BCUT2D eigenvalue weighted by Crippen LogP contribution is 2.37. The van der Waals surface area contributed by atoms with E-state index in [9.17, 15) is 4.79 Å². The van der Waals surface area contributed by atoms with Gasteiger partial charge in [0.1, 0.15) is 11.9 Å². The van der Waals surface area contributed by atoms with Crippen LogP contribution in [0.4, 0.5) is 0 Å². The molecule has 7 heteroatoms. The van der Waals surface area contributed by atoms with E-state index in [1.54, 1.807) is 6.07 Å². The molecule has 0 aromatic heterocycles. The van der Waals surface area contributed by atoms with Crippen LogP contribution in [0.1, 0.15) is 13.8 Å². The Kier molecular flexibility index (Phi) is 8.10. The van der Waals surface area contributed by atoms with E-state index in [2.05, 4.69) is 0 Å². The van der Waals surface area contributed by atoms with Crippen molar-refractivity contribution in [3.63, 3.8) is 0 Å². The van der Waals surface area contributed by atoms with Gasteiger partial charge in [-0.25, -0.2) is 0 Å². The summed E-state index contributed by atoms with van der Waals surface area (Å²) in [6.45, 7) is 5.06. The largest absolute Gasteiger partial charge is 0.488 e. The molecular weight excluding hydrogens is 393 g/mol. The van der Waals surface area contributed by atoms with Crippen molar-refractivity contribution in [2.24, 2.45) is 0 Å². The highest BCUT2D eigenvalue weighted by atomic mass is 35.5. The number of hydrogen-bond acceptors (Lipinski definition) is 4. The Morgan fingerprint density at radius 2 is 1.96 bits per heavy atom. The standard InChI is InChI=1S/C19H21Cl2NO3S/c1-3-22(12-19(23)24)11-13(2)25-17-6-4-5-7-18(17)26-14-8-9-15(20)16(21)10-14/h4-10,13H,3,11-12H2,1-2H3,(H,23,24). The summed E-state index contributed by atoms with van der Waals surface area (Å²) in [5, 5.41) is 9.99. The normalized spacial score (nSPS) is 12.2. The Morgan fingerprint density at radius 1 is 1.23 bits per heavy atom. The van der Waals surface area contributed by atoms with Gasteiger partial charge in [0, 0.05) is 11.4 Å². The van der Waals surface area contributed by atoms with Crippen molar-refractivity contribution in [1.82, 2.24) is 4.90 Å². The molecule has 1 atom stereocenters. The molecule has 0 aliphatic carbocycles. The minimum absolute atomic E-state index is 0.00384. The molecule has 1 N–H and O–H groups in total. The molecule has 1 unspecified atom stereocenters. The molecule has 0 spiro atoms. The third-order valence-electron chi connectivity index (χ3n) is 3.62. The lowest BCUT2D eigenvalue weighted by Gasteiger charge is -2.24. The number of carboxylic acids is 1. The molecule has 0 radical (unpaired) electrons. The Labute approximate surface area is 168 Å². The zero-order valence-corrected chi connectivity index (χ0v) is 16.9. The molecule has 0 aliphatic rings. The topological polar surface area (TPSA) is 49.8 Å². The van der Waals surface area contributed by atoms with Crippen molar-refractivity contribution in [2.75, 3.05) is 19.6 Å². The van der Waals surface area contributed by atoms with Gasteiger partial charge in [0.2, 0.25) is 0 Å². The van der Waals surface area contributed by atoms with Gasteiger partial charge in [-0.15, -0.1) is 0 Å². The molecule has 0 aliphatic heterocycles. The van der Waals surface area contributed by atoms with Gasteiger partial charge in [-0.2, -0.15) is 0 Å². The van der Waals surface area contributed by atoms with Gasteiger partial charge < -0.3 is 9.84 Å². The molecule has 0 heterocycles. The summed E-state index contributed by atoms with van der Waals surface area (Å²) < 4.78 is 6.07. The number of likely N-dealkylation sites (N-methyl/N-ethyl adjacent to an activating group) is 1. The Hall–Kier alpha value is -1.40. The average Bonchev–Trinajstić information content (AvgIpc) is 2.59. The Bertz CT molecular complexity index is 757. The molecule has 0 amide bonds. The molecule has 0 bridgehead atoms. The fourth-order valence-corrected chi connectivity index (χ4v) is 3.71. The molecular formula is C19H21Cl2NO3S. The highest BCUT2D eigenvalue weighted by molar-refractivity contribution is 7.99. The SMILES string of the molecule is CCN(CC(=O)O)CC(C)Oc1ccccc1Sc1ccc(Cl)c(Cl)c1. The van der Waals surface area contributed by atoms with E-state index in [4.69, 9.17) is 33.0 Å². The van der Waals surface area contributed by atoms with E-state index in [1.807, 2.05) is 55.1 Å². The fraction of sp³-hybridized carbons (Fsp3) is 0.316. The van der Waals surface area contributed by atoms with Crippen molar-refractivity contribution in [3.8, 4) is 5.75 Å². The van der Waals surface area contributed by atoms with Crippen molar-refractivity contribution in [1.29, 1.82) is 0 Å². The first-order valence-corrected chi connectivity index (χ1v) is 9.79. The quantitative estimate of drug-likeness (QED) is 0.602. The lowest BCUT2D eigenvalue weighted by Crippen LogP contribution is -2.37. The number of nitrogens with zero attached hydrogens (tertiary/aromatic N) is 1. The summed E-state index contributed by atoms with van der Waals surface area (Å²) in [4.78, 5) is 14.7. The van der Waals surface area contributed by atoms with Gasteiger partial charge in [0.25, 0.3) is 0 Å². The Morgan fingerprint density at radius 3 is 2.62 bits per heavy atom. The zero-order valence-electron chi connectivity index (χ0n) is 14.6. The summed E-state index contributed by atoms with van der Waals surface area (Å²) in [6, 6.07) is 13.2. The van der Waals surface area contributed by atoms with E-state index in [1.165, 1.54) is 11.8 Å². The van der Waals surface area contributed by atoms with Crippen LogP contribution in [0.25, 0.3) is 0 Å². The molecule has 4 nitrogen and oxygen atoms in total. The van der Waals surface area contributed by atoms with E-state index in [0.29, 0.717) is 23.1 Å². The first-order chi connectivity index (χ1) is 12.4. The summed E-state index contributed by atoms with van der Waals surface area (Å²) in [5.74, 6) is -0.0860. The molecule has 0 fully saturated rings. The van der Waals surface area contributed by atoms with Gasteiger partial charge in [-0.3, -0.25) is 9.69 Å². The number of aliphatic carboxylic acids is 1. The van der Waals surface area contributed by atoms with Crippen molar-refractivity contribution >= 4 is 40.9 Å². The summed E-state index contributed by atoms with van der Waals surface area (Å²) in [6.07, 6.45) is -0.148. The minimum Gasteiger partial charge on any atom is -0.488 e. The van der Waals surface area contributed by atoms with Crippen LogP contribution < -0.4 is 4.74 Å². The summed E-state index contributed by atoms with van der Waals surface area (Å²) >= 11 is 13.6. The lowest BCUT2D eigenvalue weighted by molar-refractivity contribution is -0.138. The molecule has 2 aromatic rings. The number of rotatable bonds is 9. The predicted octanol–water partition coefficient (Wildman–Crippen LogP) is 5.32. The number of carboxylic acid groups (broad SMARTS) is 1. The number of halogens is 2. The van der Waals surface area contributed by atoms with E-state index in [0.717, 1.165) is 15.5 Å². The third kappa shape index (κ3) is 6.40. The molecule has 0 saturated carbocycles. The second-order valence-corrected chi connectivity index (χ2v) is 7.70. The van der Waals surface area contributed by atoms with E-state index < -0.39 is 5.97 Å². The van der Waals surface area contributed by atoms with Gasteiger partial charge >= 0.3 is 5.97 Å². The zero-order chi connectivity index (χ0) is 19.1. The van der Waals surface area contributed by atoms with E-state index in [-0.39, 0.29) is 12.6 Å². The van der Waals surface area contributed by atoms with Gasteiger partial charge in [0.05, 0.1) is 21.5 Å². The van der Waals surface area contributed by atoms with Crippen LogP contribution in [0.2, 0.25) is 10.0 Å². The fourth-order valence-electron chi connectivity index (χ4n) is 2.41. The van der Waals surface area contributed by atoms with Gasteiger partial charge in [0.15, 0.2) is 0 Å². The van der Waals surface area contributed by atoms with Crippen LogP contribution in [-0.2, 0) is 4.79 Å². The average molecular weight is 414 g/mol. The van der Waals surface area contributed by atoms with Crippen molar-refractivity contribution in [3.05, 3.63) is 52.5 Å². The molecule has 0 saturated heterocycles. The van der Waals surface area contributed by atoms with Gasteiger partial charge in [-0.05, 0) is 43.8 Å². The molecule has 2 rings (SSSR count). The first-order valence-electron chi connectivity index (χ1n) is 8.21. The maximum atomic E-state index is 10.9. The monoisotopic (exact) mass is 413 g/mol. The lowest BCUT2D eigenvalue weighted by atomic mass is 10.3. The van der Waals surface area contributed by atoms with Crippen LogP contribution in [0.5, 0.6) is 5.75 Å². The number of benzene rings is 2. The molecule has 26 heavy (non-hydrogen) atoms. The highest BCUT2D eigenvalue weighted by Gasteiger charge is 2.15. The van der Waals surface area contributed by atoms with Crippen LogP contribution in [0, 0.1) is 0 Å². The maximum Gasteiger partial charge on any atom is 0.317 e.